The topological polar surface area (TPSA) is 26.3 Å². The number of esters is 1. The Balaban J connectivity index is 2.43. The van der Waals surface area contributed by atoms with E-state index in [1.54, 1.807) is 0 Å². The number of ether oxygens (including phenoxy) is 1. The summed E-state index contributed by atoms with van der Waals surface area (Å²) in [6.45, 7) is 8.14. The largest absolute Gasteiger partial charge is 0.462 e. The molecule has 1 aromatic rings. The van der Waals surface area contributed by atoms with E-state index in [1.807, 2.05) is 0 Å². The lowest BCUT2D eigenvalue weighted by Crippen LogP contribution is -2.21. The molecule has 0 aliphatic heterocycles. The predicted octanol–water partition coefficient (Wildman–Crippen LogP) is 4.69. The molecule has 0 heterocycles. The van der Waals surface area contributed by atoms with E-state index in [0.717, 1.165) is 25.7 Å². The summed E-state index contributed by atoms with van der Waals surface area (Å²) in [5.74, 6) is 0.285. The van der Waals surface area contributed by atoms with Crippen molar-refractivity contribution in [1.29, 1.82) is 0 Å². The van der Waals surface area contributed by atoms with Crippen LogP contribution in [0, 0.1) is 13.3 Å². The molecule has 0 amide bonds. The Morgan fingerprint density at radius 1 is 1.23 bits per heavy atom. The van der Waals surface area contributed by atoms with Gasteiger partial charge in [-0.3, -0.25) is 4.79 Å². The Bertz CT molecular complexity index is 555. The fourth-order valence-electron chi connectivity index (χ4n) is 3.20. The summed E-state index contributed by atoms with van der Waals surface area (Å²) in [5, 5.41) is 0. The highest BCUT2D eigenvalue weighted by atomic mass is 16.5. The quantitative estimate of drug-likeness (QED) is 0.585. The molecule has 119 valence electrons. The molecule has 0 saturated carbocycles. The van der Waals surface area contributed by atoms with Crippen molar-refractivity contribution in [3.63, 3.8) is 0 Å². The smallest absolute Gasteiger partial charge is 0.302 e. The molecule has 1 unspecified atom stereocenters. The minimum Gasteiger partial charge on any atom is -0.462 e. The van der Waals surface area contributed by atoms with Gasteiger partial charge >= 0.3 is 5.97 Å². The molecule has 1 aliphatic carbocycles. The third-order valence-electron chi connectivity index (χ3n) is 4.30. The van der Waals surface area contributed by atoms with Crippen LogP contribution in [0.4, 0.5) is 0 Å². The predicted molar refractivity (Wildman–Crippen MR) is 90.9 cm³/mol. The van der Waals surface area contributed by atoms with Crippen molar-refractivity contribution in [3.8, 4) is 0 Å². The van der Waals surface area contributed by atoms with Crippen molar-refractivity contribution >= 4 is 5.97 Å². The zero-order valence-corrected chi connectivity index (χ0v) is 14.2. The molecular weight excluding hydrogens is 272 g/mol. The summed E-state index contributed by atoms with van der Waals surface area (Å²) < 4.78 is 5.55. The maximum Gasteiger partial charge on any atom is 0.302 e. The molecule has 0 saturated heterocycles. The lowest BCUT2D eigenvalue weighted by Gasteiger charge is -2.24. The number of hydrogen-bond acceptors (Lipinski definition) is 2. The van der Waals surface area contributed by atoms with Crippen LogP contribution >= 0.6 is 0 Å². The fourth-order valence-corrected chi connectivity index (χ4v) is 3.20. The average Bonchev–Trinajstić information content (AvgIpc) is 2.44. The first-order valence-corrected chi connectivity index (χ1v) is 8.24. The zero-order chi connectivity index (χ0) is 16.1. The molecular formula is C20H27O2. The highest BCUT2D eigenvalue weighted by Crippen LogP contribution is 2.29. The Morgan fingerprint density at radius 2 is 2.00 bits per heavy atom. The summed E-state index contributed by atoms with van der Waals surface area (Å²) in [5.41, 5.74) is 5.52. The van der Waals surface area contributed by atoms with Gasteiger partial charge in [-0.25, -0.2) is 0 Å². The van der Waals surface area contributed by atoms with Gasteiger partial charge in [-0.05, 0) is 54.4 Å². The molecule has 2 rings (SSSR count). The van der Waals surface area contributed by atoms with E-state index in [4.69, 9.17) is 4.74 Å². The summed E-state index contributed by atoms with van der Waals surface area (Å²) in [7, 11) is 0. The molecule has 0 bridgehead atoms. The third kappa shape index (κ3) is 4.22. The molecule has 0 N–H and O–H groups in total. The van der Waals surface area contributed by atoms with E-state index in [2.05, 4.69) is 51.5 Å². The average molecular weight is 299 g/mol. The first-order chi connectivity index (χ1) is 10.5. The fraction of sp³-hybridized carbons (Fsp3) is 0.500. The molecule has 22 heavy (non-hydrogen) atoms. The van der Waals surface area contributed by atoms with E-state index >= 15 is 0 Å². The number of hydrogen-bond donors (Lipinski definition) is 0. The number of carbonyl (C=O) groups is 1. The van der Waals surface area contributed by atoms with E-state index in [1.165, 1.54) is 29.2 Å². The Kier molecular flexibility index (Phi) is 5.82. The normalized spacial score (nSPS) is 20.3. The summed E-state index contributed by atoms with van der Waals surface area (Å²) in [6, 6.07) is 4.47. The van der Waals surface area contributed by atoms with Crippen molar-refractivity contribution < 1.29 is 9.53 Å². The lowest BCUT2D eigenvalue weighted by atomic mass is 9.85. The van der Waals surface area contributed by atoms with Crippen LogP contribution in [0.2, 0.25) is 0 Å². The minimum absolute atomic E-state index is 0.0649. The van der Waals surface area contributed by atoms with Gasteiger partial charge in [0.25, 0.3) is 0 Å². The number of benzene rings is 1. The van der Waals surface area contributed by atoms with Gasteiger partial charge in [0.05, 0.1) is 0 Å². The van der Waals surface area contributed by atoms with Crippen molar-refractivity contribution in [2.45, 2.75) is 65.4 Å². The Hall–Kier alpha value is -1.57. The van der Waals surface area contributed by atoms with Crippen molar-refractivity contribution in [1.82, 2.24) is 0 Å². The second-order valence-corrected chi connectivity index (χ2v) is 6.45. The molecule has 2 heteroatoms. The van der Waals surface area contributed by atoms with E-state index in [0.29, 0.717) is 5.92 Å². The van der Waals surface area contributed by atoms with Gasteiger partial charge in [-0.2, -0.15) is 0 Å². The number of aryl methyl sites for hydroxylation is 1. The second kappa shape index (κ2) is 7.62. The van der Waals surface area contributed by atoms with Gasteiger partial charge in [0.15, 0.2) is 0 Å². The number of fused-ring (bicyclic) bond motifs is 1. The molecule has 0 fully saturated rings. The number of allylic oxidation sites excluding steroid dienone is 1. The van der Waals surface area contributed by atoms with Crippen LogP contribution in [0.15, 0.2) is 24.3 Å². The van der Waals surface area contributed by atoms with Gasteiger partial charge < -0.3 is 4.74 Å². The molecule has 2 nitrogen and oxygen atoms in total. The summed E-state index contributed by atoms with van der Waals surface area (Å²) in [6.07, 6.45) is 10.1. The Labute approximate surface area is 134 Å². The standard InChI is InChI=1S/C20H27O2/c1-14(2)18-12-11-15(3)19-10-8-6-5-7-9-17(13-20(18)19)22-16(4)21/h5,7-8,11-12,14,17H,6,9-10,13H2,1-4H3/b7-5-. The summed E-state index contributed by atoms with van der Waals surface area (Å²) in [4.78, 5) is 11.4. The number of rotatable bonds is 2. The van der Waals surface area contributed by atoms with E-state index < -0.39 is 0 Å². The molecule has 1 aromatic carbocycles. The first-order valence-electron chi connectivity index (χ1n) is 8.24. The monoisotopic (exact) mass is 299 g/mol. The van der Waals surface area contributed by atoms with Gasteiger partial charge in [0.2, 0.25) is 0 Å². The van der Waals surface area contributed by atoms with Crippen molar-refractivity contribution in [2.75, 3.05) is 0 Å². The summed E-state index contributed by atoms with van der Waals surface area (Å²) >= 11 is 0. The van der Waals surface area contributed by atoms with Gasteiger partial charge in [-0.15, -0.1) is 0 Å². The van der Waals surface area contributed by atoms with Crippen LogP contribution < -0.4 is 0 Å². The minimum atomic E-state index is -0.192. The lowest BCUT2D eigenvalue weighted by molar-refractivity contribution is -0.146. The van der Waals surface area contributed by atoms with E-state index in [-0.39, 0.29) is 12.1 Å². The van der Waals surface area contributed by atoms with Crippen LogP contribution in [-0.4, -0.2) is 12.1 Å². The molecule has 0 aromatic heterocycles. The molecule has 0 spiro atoms. The SMILES string of the molecule is CC(=O)OC1C/C=C\C[CH]Cc2c(C)ccc(C(C)C)c2C1. The third-order valence-corrected chi connectivity index (χ3v) is 4.30. The maximum absolute atomic E-state index is 11.4. The van der Waals surface area contributed by atoms with Crippen LogP contribution in [0.1, 0.15) is 61.8 Å². The first kappa shape index (κ1) is 16.8. The van der Waals surface area contributed by atoms with Crippen LogP contribution in [0.5, 0.6) is 0 Å². The second-order valence-electron chi connectivity index (χ2n) is 6.45. The maximum atomic E-state index is 11.4. The van der Waals surface area contributed by atoms with Crippen molar-refractivity contribution in [2.24, 2.45) is 0 Å². The Morgan fingerprint density at radius 3 is 2.68 bits per heavy atom. The van der Waals surface area contributed by atoms with E-state index in [9.17, 15) is 4.79 Å². The highest BCUT2D eigenvalue weighted by molar-refractivity contribution is 5.66. The highest BCUT2D eigenvalue weighted by Gasteiger charge is 2.20. The number of carbonyl (C=O) groups excluding carboxylic acids is 1. The molecule has 1 aliphatic rings. The van der Waals surface area contributed by atoms with Gasteiger partial charge in [-0.1, -0.05) is 38.1 Å². The van der Waals surface area contributed by atoms with Gasteiger partial charge in [0.1, 0.15) is 6.10 Å². The van der Waals surface area contributed by atoms with Gasteiger partial charge in [0, 0.05) is 19.8 Å². The van der Waals surface area contributed by atoms with Crippen molar-refractivity contribution in [3.05, 3.63) is 53.0 Å². The van der Waals surface area contributed by atoms with Crippen LogP contribution in [0.25, 0.3) is 0 Å². The molecule has 1 atom stereocenters. The van der Waals surface area contributed by atoms with Crippen LogP contribution in [-0.2, 0) is 22.4 Å². The zero-order valence-electron chi connectivity index (χ0n) is 14.2. The molecule has 1 radical (unpaired) electrons. The van der Waals surface area contributed by atoms with Crippen LogP contribution in [0.3, 0.4) is 0 Å².